The van der Waals surface area contributed by atoms with E-state index in [-0.39, 0.29) is 22.6 Å². The number of benzene rings is 3. The number of alkyl halides is 1. The lowest BCUT2D eigenvalue weighted by Gasteiger charge is -2.25. The number of anilines is 4. The van der Waals surface area contributed by atoms with Gasteiger partial charge in [0.25, 0.3) is 0 Å². The lowest BCUT2D eigenvalue weighted by molar-refractivity contribution is 0.262. The number of hydrogen-bond acceptors (Lipinski definition) is 3. The van der Waals surface area contributed by atoms with Gasteiger partial charge >= 0.3 is 6.03 Å². The van der Waals surface area contributed by atoms with Crippen LogP contribution in [0.2, 0.25) is 0 Å². The molecule has 3 N–H and O–H groups in total. The Morgan fingerprint density at radius 2 is 1.71 bits per heavy atom. The van der Waals surface area contributed by atoms with Crippen molar-refractivity contribution in [2.75, 3.05) is 22.1 Å². The number of urea groups is 1. The van der Waals surface area contributed by atoms with Gasteiger partial charge in [-0.2, -0.15) is 0 Å². The smallest absolute Gasteiger partial charge is 0.323 e. The van der Waals surface area contributed by atoms with Gasteiger partial charge in [0.15, 0.2) is 0 Å². The van der Waals surface area contributed by atoms with Gasteiger partial charge in [-0.1, -0.05) is 65.0 Å². The number of nitrogens with one attached hydrogen (secondary N) is 2. The van der Waals surface area contributed by atoms with Gasteiger partial charge in [-0.25, -0.2) is 9.18 Å². The van der Waals surface area contributed by atoms with Crippen LogP contribution in [0, 0.1) is 0 Å². The highest BCUT2D eigenvalue weighted by Gasteiger charge is 2.40. The van der Waals surface area contributed by atoms with Gasteiger partial charge in [0.1, 0.15) is 12.4 Å². The maximum Gasteiger partial charge on any atom is 0.323 e. The van der Waals surface area contributed by atoms with E-state index in [1.165, 1.54) is 11.6 Å². The van der Waals surface area contributed by atoms with Gasteiger partial charge in [0.2, 0.25) is 0 Å². The summed E-state index contributed by atoms with van der Waals surface area (Å²) in [5.74, 6) is 0.0935. The summed E-state index contributed by atoms with van der Waals surface area (Å²) in [6.45, 7) is 10.4. The molecule has 0 aromatic heterocycles. The third-order valence-electron chi connectivity index (χ3n) is 6.34. The molecule has 1 aliphatic rings. The number of nitrogens with zero attached hydrogens (tertiary/aromatic N) is 1. The van der Waals surface area contributed by atoms with E-state index in [2.05, 4.69) is 31.4 Å². The Morgan fingerprint density at radius 3 is 2.35 bits per heavy atom. The van der Waals surface area contributed by atoms with E-state index in [0.717, 1.165) is 11.3 Å². The molecule has 0 saturated carbocycles. The zero-order valence-electron chi connectivity index (χ0n) is 20.4. The highest BCUT2D eigenvalue weighted by atomic mass is 19.1. The predicted octanol–water partition coefficient (Wildman–Crippen LogP) is 7.23. The molecule has 6 heteroatoms. The Labute approximate surface area is 200 Å². The molecule has 34 heavy (non-hydrogen) atoms. The minimum atomic E-state index is -0.601. The van der Waals surface area contributed by atoms with E-state index in [9.17, 15) is 14.3 Å². The van der Waals surface area contributed by atoms with Crippen LogP contribution in [0.15, 0.2) is 60.7 Å². The van der Waals surface area contributed by atoms with E-state index in [0.29, 0.717) is 29.2 Å². The normalized spacial score (nSPS) is 14.6. The highest BCUT2D eigenvalue weighted by molar-refractivity contribution is 6.02. The second-order valence-corrected chi connectivity index (χ2v) is 10.5. The molecule has 0 unspecified atom stereocenters. The molecule has 4 rings (SSSR count). The number of halogens is 1. The van der Waals surface area contributed by atoms with Crippen molar-refractivity contribution in [2.24, 2.45) is 0 Å². The van der Waals surface area contributed by atoms with Crippen LogP contribution in [-0.4, -0.2) is 17.7 Å². The molecule has 0 fully saturated rings. The first-order valence-corrected chi connectivity index (χ1v) is 11.5. The quantitative estimate of drug-likeness (QED) is 0.384. The number of para-hydroxylation sites is 2. The van der Waals surface area contributed by atoms with E-state index in [1.54, 1.807) is 6.07 Å². The van der Waals surface area contributed by atoms with Crippen LogP contribution in [0.4, 0.5) is 31.9 Å². The number of carbonyl (C=O) groups excluding carboxylic acids is 1. The van der Waals surface area contributed by atoms with Crippen LogP contribution < -0.4 is 15.5 Å². The Balaban J connectivity index is 1.61. The maximum atomic E-state index is 13.8. The van der Waals surface area contributed by atoms with Crippen LogP contribution in [0.5, 0.6) is 5.75 Å². The van der Waals surface area contributed by atoms with Crippen LogP contribution in [0.25, 0.3) is 0 Å². The second-order valence-electron chi connectivity index (χ2n) is 10.5. The molecule has 0 spiro atoms. The average molecular weight is 462 g/mol. The van der Waals surface area contributed by atoms with Crippen molar-refractivity contribution in [1.29, 1.82) is 0 Å². The molecule has 5 nitrogen and oxygen atoms in total. The van der Waals surface area contributed by atoms with Crippen LogP contribution in [0.1, 0.15) is 51.3 Å². The Bertz CT molecular complexity index is 1210. The Morgan fingerprint density at radius 1 is 1.03 bits per heavy atom. The molecule has 2 amide bonds. The molecule has 0 saturated heterocycles. The third-order valence-corrected chi connectivity index (χ3v) is 6.34. The average Bonchev–Trinajstić information content (AvgIpc) is 3.06. The zero-order chi connectivity index (χ0) is 24.7. The SMILES string of the molecule is CC(C)(C)c1ccc(NC(=O)Nc2ccccc2N2CC(C)(C)c3c(CF)ccc(O)c32)cc1. The van der Waals surface area contributed by atoms with Crippen molar-refractivity contribution >= 4 is 28.8 Å². The summed E-state index contributed by atoms with van der Waals surface area (Å²) in [6, 6.07) is 18.0. The standard InChI is InChI=1S/C28H32FN3O2/c1-27(2,3)19-11-13-20(14-12-19)30-26(34)31-21-8-6-7-9-22(21)32-17-28(4,5)24-18(16-29)10-15-23(33)25(24)32/h6-15,33H,16-17H2,1-5H3,(H2,30,31,34). The molecule has 0 atom stereocenters. The van der Waals surface area contributed by atoms with Gasteiger partial charge in [-0.15, -0.1) is 0 Å². The van der Waals surface area contributed by atoms with E-state index in [4.69, 9.17) is 0 Å². The summed E-state index contributed by atoms with van der Waals surface area (Å²) in [6.07, 6.45) is 0. The minimum Gasteiger partial charge on any atom is -0.506 e. The number of amides is 2. The summed E-state index contributed by atoms with van der Waals surface area (Å²) < 4.78 is 13.8. The fraction of sp³-hybridized carbons (Fsp3) is 0.321. The number of phenols is 1. The van der Waals surface area contributed by atoms with Crippen molar-refractivity contribution in [2.45, 2.75) is 52.1 Å². The molecule has 0 aliphatic carbocycles. The second kappa shape index (κ2) is 8.67. The summed E-state index contributed by atoms with van der Waals surface area (Å²) in [5, 5.41) is 16.5. The monoisotopic (exact) mass is 461 g/mol. The van der Waals surface area contributed by atoms with Gasteiger partial charge in [-0.05, 0) is 52.4 Å². The number of carbonyl (C=O) groups is 1. The van der Waals surface area contributed by atoms with Gasteiger partial charge in [-0.3, -0.25) is 0 Å². The topological polar surface area (TPSA) is 64.6 Å². The number of aromatic hydroxyl groups is 1. The molecule has 178 valence electrons. The molecule has 1 aliphatic heterocycles. The van der Waals surface area contributed by atoms with Crippen molar-refractivity contribution in [3.63, 3.8) is 0 Å². The first kappa shape index (κ1) is 23.6. The van der Waals surface area contributed by atoms with Crippen molar-refractivity contribution in [1.82, 2.24) is 0 Å². The summed E-state index contributed by atoms with van der Waals surface area (Å²) in [5.41, 5.74) is 4.83. The van der Waals surface area contributed by atoms with E-state index in [1.807, 2.05) is 67.3 Å². The highest BCUT2D eigenvalue weighted by Crippen LogP contribution is 2.51. The number of rotatable bonds is 4. The summed E-state index contributed by atoms with van der Waals surface area (Å²) >= 11 is 0. The molecule has 3 aromatic rings. The van der Waals surface area contributed by atoms with E-state index >= 15 is 0 Å². The molecular formula is C28H32FN3O2. The summed E-state index contributed by atoms with van der Waals surface area (Å²) in [7, 11) is 0. The molecular weight excluding hydrogens is 429 g/mol. The predicted molar refractivity (Wildman–Crippen MR) is 137 cm³/mol. The largest absolute Gasteiger partial charge is 0.506 e. The van der Waals surface area contributed by atoms with Gasteiger partial charge < -0.3 is 20.6 Å². The molecule has 1 heterocycles. The van der Waals surface area contributed by atoms with Crippen molar-refractivity contribution in [3.8, 4) is 5.75 Å². The summed E-state index contributed by atoms with van der Waals surface area (Å²) in [4.78, 5) is 14.8. The molecule has 0 radical (unpaired) electrons. The Hall–Kier alpha value is -3.54. The molecule has 0 bridgehead atoms. The van der Waals surface area contributed by atoms with Crippen LogP contribution in [-0.2, 0) is 17.5 Å². The van der Waals surface area contributed by atoms with Crippen LogP contribution >= 0.6 is 0 Å². The molecule has 3 aromatic carbocycles. The van der Waals surface area contributed by atoms with Crippen molar-refractivity contribution < 1.29 is 14.3 Å². The lowest BCUT2D eigenvalue weighted by atomic mass is 9.84. The maximum absolute atomic E-state index is 13.8. The van der Waals surface area contributed by atoms with E-state index < -0.39 is 6.67 Å². The zero-order valence-corrected chi connectivity index (χ0v) is 20.4. The van der Waals surface area contributed by atoms with Crippen molar-refractivity contribution in [3.05, 3.63) is 77.4 Å². The van der Waals surface area contributed by atoms with Crippen LogP contribution in [0.3, 0.4) is 0 Å². The minimum absolute atomic E-state index is 0.0348. The first-order valence-electron chi connectivity index (χ1n) is 11.5. The van der Waals surface area contributed by atoms with Gasteiger partial charge in [0.05, 0.1) is 17.1 Å². The fourth-order valence-corrected chi connectivity index (χ4v) is 4.67. The third kappa shape index (κ3) is 4.45. The number of hydrogen-bond donors (Lipinski definition) is 3. The Kier molecular flexibility index (Phi) is 6.02. The number of fused-ring (bicyclic) bond motifs is 1. The van der Waals surface area contributed by atoms with Gasteiger partial charge in [0, 0.05) is 17.6 Å². The number of phenolic OH excluding ortho intramolecular Hbond substituents is 1. The fourth-order valence-electron chi connectivity index (χ4n) is 4.67. The lowest BCUT2D eigenvalue weighted by Crippen LogP contribution is -2.27. The first-order chi connectivity index (χ1) is 16.0.